The van der Waals surface area contributed by atoms with E-state index in [9.17, 15) is 13.2 Å². The molecule has 0 amide bonds. The van der Waals surface area contributed by atoms with Crippen LogP contribution in [0.3, 0.4) is 0 Å². The Labute approximate surface area is 171 Å². The second-order valence-electron chi connectivity index (χ2n) is 8.17. The molecule has 0 spiro atoms. The molecule has 154 valence electrons. The first kappa shape index (κ1) is 19.1. The molecule has 5 nitrogen and oxygen atoms in total. The summed E-state index contributed by atoms with van der Waals surface area (Å²) in [5.41, 5.74) is 2.25. The van der Waals surface area contributed by atoms with Gasteiger partial charge in [0.1, 0.15) is 23.9 Å². The van der Waals surface area contributed by atoms with Crippen molar-refractivity contribution in [3.63, 3.8) is 0 Å². The highest BCUT2D eigenvalue weighted by atomic mass is 35.5. The van der Waals surface area contributed by atoms with Crippen molar-refractivity contribution in [3.8, 4) is 0 Å². The molecule has 1 aromatic carbocycles. The number of piperazine rings is 1. The molecular formula is C20H21ClF3N5. The zero-order chi connectivity index (χ0) is 20.3. The van der Waals surface area contributed by atoms with Gasteiger partial charge in [-0.1, -0.05) is 17.7 Å². The van der Waals surface area contributed by atoms with Crippen LogP contribution in [0.25, 0.3) is 21.9 Å². The van der Waals surface area contributed by atoms with E-state index in [1.54, 1.807) is 6.07 Å². The van der Waals surface area contributed by atoms with E-state index in [-0.39, 0.29) is 10.7 Å². The van der Waals surface area contributed by atoms with Crippen molar-refractivity contribution in [2.75, 3.05) is 20.1 Å². The highest BCUT2D eigenvalue weighted by Gasteiger charge is 2.37. The van der Waals surface area contributed by atoms with E-state index in [4.69, 9.17) is 11.6 Å². The van der Waals surface area contributed by atoms with Gasteiger partial charge in [0.25, 0.3) is 0 Å². The summed E-state index contributed by atoms with van der Waals surface area (Å²) in [6.45, 7) is 1.76. The Morgan fingerprint density at radius 2 is 1.93 bits per heavy atom. The molecule has 9 heteroatoms. The Hall–Kier alpha value is -1.90. The summed E-state index contributed by atoms with van der Waals surface area (Å²) in [5, 5.41) is 0.721. The number of likely N-dealkylation sites (N-methyl/N-ethyl adjacent to an activating group) is 1. The average Bonchev–Trinajstić information content (AvgIpc) is 2.96. The van der Waals surface area contributed by atoms with Crippen LogP contribution in [-0.4, -0.2) is 62.7 Å². The Kier molecular flexibility index (Phi) is 4.49. The predicted molar refractivity (Wildman–Crippen MR) is 106 cm³/mol. The molecule has 6 rings (SSSR count). The van der Waals surface area contributed by atoms with Crippen LogP contribution in [0.1, 0.15) is 18.4 Å². The van der Waals surface area contributed by atoms with Crippen LogP contribution >= 0.6 is 11.6 Å². The third-order valence-corrected chi connectivity index (χ3v) is 6.57. The molecule has 2 bridgehead atoms. The van der Waals surface area contributed by atoms with Crippen molar-refractivity contribution >= 4 is 33.5 Å². The van der Waals surface area contributed by atoms with E-state index >= 15 is 0 Å². The van der Waals surface area contributed by atoms with Gasteiger partial charge in [-0.15, -0.1) is 0 Å². The zero-order valence-corrected chi connectivity index (χ0v) is 16.7. The minimum Gasteiger partial charge on any atom is -0.327 e. The number of aromatic nitrogens is 3. The monoisotopic (exact) mass is 423 g/mol. The first-order valence-corrected chi connectivity index (χ1v) is 10.1. The number of rotatable bonds is 3. The van der Waals surface area contributed by atoms with Crippen LogP contribution in [0.5, 0.6) is 0 Å². The molecule has 29 heavy (non-hydrogen) atoms. The number of fused-ring (bicyclic) bond motifs is 6. The molecule has 5 heterocycles. The molecule has 0 saturated carbocycles. The SMILES string of the molecule is CN1C[C@@H]2CC[C@H]1CN2Cc1ccc2c(c1)c1ncnc(Cl)c1n2CC(F)(F)F. The van der Waals surface area contributed by atoms with Crippen molar-refractivity contribution in [3.05, 3.63) is 35.2 Å². The maximum absolute atomic E-state index is 13.2. The van der Waals surface area contributed by atoms with Gasteiger partial charge >= 0.3 is 6.18 Å². The normalized spacial score (nSPS) is 23.5. The second kappa shape index (κ2) is 6.82. The summed E-state index contributed by atoms with van der Waals surface area (Å²) in [7, 11) is 2.18. The number of nitrogens with zero attached hydrogens (tertiary/aromatic N) is 5. The smallest absolute Gasteiger partial charge is 0.327 e. The summed E-state index contributed by atoms with van der Waals surface area (Å²) in [6, 6.07) is 6.75. The summed E-state index contributed by atoms with van der Waals surface area (Å²) in [4.78, 5) is 13.1. The molecule has 3 aliphatic rings. The van der Waals surface area contributed by atoms with Crippen molar-refractivity contribution in [2.45, 2.75) is 44.2 Å². The van der Waals surface area contributed by atoms with Crippen LogP contribution in [0.2, 0.25) is 5.15 Å². The van der Waals surface area contributed by atoms with Crippen LogP contribution in [-0.2, 0) is 13.1 Å². The number of hydrogen-bond donors (Lipinski definition) is 0. The van der Waals surface area contributed by atoms with Crippen molar-refractivity contribution in [1.82, 2.24) is 24.3 Å². The van der Waals surface area contributed by atoms with Crippen LogP contribution < -0.4 is 0 Å². The van der Waals surface area contributed by atoms with Gasteiger partial charge in [-0.05, 0) is 37.6 Å². The molecule has 0 aliphatic carbocycles. The van der Waals surface area contributed by atoms with Gasteiger partial charge in [0.05, 0.1) is 5.52 Å². The van der Waals surface area contributed by atoms with Crippen LogP contribution in [0, 0.1) is 0 Å². The third kappa shape index (κ3) is 3.37. The Morgan fingerprint density at radius 3 is 2.62 bits per heavy atom. The van der Waals surface area contributed by atoms with Gasteiger partial charge in [-0.3, -0.25) is 4.90 Å². The molecule has 2 atom stereocenters. The minimum atomic E-state index is -4.37. The maximum atomic E-state index is 13.2. The summed E-state index contributed by atoms with van der Waals surface area (Å²) < 4.78 is 40.8. The van der Waals surface area contributed by atoms with E-state index in [2.05, 4.69) is 26.8 Å². The summed E-state index contributed by atoms with van der Waals surface area (Å²) >= 11 is 6.16. The van der Waals surface area contributed by atoms with Crippen molar-refractivity contribution in [1.29, 1.82) is 0 Å². The van der Waals surface area contributed by atoms with Gasteiger partial charge in [0, 0.05) is 37.1 Å². The third-order valence-electron chi connectivity index (χ3n) is 6.29. The molecule has 0 unspecified atom stereocenters. The fraction of sp³-hybridized carbons (Fsp3) is 0.500. The van der Waals surface area contributed by atoms with E-state index in [1.807, 2.05) is 12.1 Å². The lowest BCUT2D eigenvalue weighted by molar-refractivity contribution is -0.139. The molecule has 3 fully saturated rings. The molecule has 3 saturated heterocycles. The average molecular weight is 424 g/mol. The number of halogens is 4. The fourth-order valence-electron chi connectivity index (χ4n) is 4.92. The fourth-order valence-corrected chi connectivity index (χ4v) is 5.15. The van der Waals surface area contributed by atoms with E-state index in [1.165, 1.54) is 23.7 Å². The highest BCUT2D eigenvalue weighted by Crippen LogP contribution is 2.35. The lowest BCUT2D eigenvalue weighted by Gasteiger charge is -2.50. The van der Waals surface area contributed by atoms with Gasteiger partial charge in [0.15, 0.2) is 5.15 Å². The zero-order valence-electron chi connectivity index (χ0n) is 16.0. The van der Waals surface area contributed by atoms with Crippen molar-refractivity contribution in [2.24, 2.45) is 0 Å². The van der Waals surface area contributed by atoms with Gasteiger partial charge < -0.3 is 9.47 Å². The number of alkyl halides is 3. The summed E-state index contributed by atoms with van der Waals surface area (Å²) in [5.74, 6) is 0. The number of benzene rings is 1. The topological polar surface area (TPSA) is 37.2 Å². The minimum absolute atomic E-state index is 0.0355. The number of hydrogen-bond acceptors (Lipinski definition) is 4. The molecule has 3 aromatic rings. The Morgan fingerprint density at radius 1 is 1.14 bits per heavy atom. The Balaban J connectivity index is 1.55. The molecule has 0 N–H and O–H groups in total. The quantitative estimate of drug-likeness (QED) is 0.595. The largest absolute Gasteiger partial charge is 0.406 e. The van der Waals surface area contributed by atoms with Crippen molar-refractivity contribution < 1.29 is 13.2 Å². The standard InChI is InChI=1S/C20H21ClF3N5/c1-27-8-14-4-3-13(27)9-28(14)7-12-2-5-16-15(6-12)17-18(19(21)26-11-25-17)29(16)10-20(22,23)24/h2,5-6,11,13-14H,3-4,7-10H2,1H3/t13-,14-/m0/s1. The summed E-state index contributed by atoms with van der Waals surface area (Å²) in [6.07, 6.45) is -0.633. The Bertz CT molecular complexity index is 1080. The molecular weight excluding hydrogens is 403 g/mol. The van der Waals surface area contributed by atoms with Gasteiger partial charge in [0.2, 0.25) is 0 Å². The van der Waals surface area contributed by atoms with Gasteiger partial charge in [-0.25, -0.2) is 9.97 Å². The highest BCUT2D eigenvalue weighted by molar-refractivity contribution is 6.34. The molecule has 2 aromatic heterocycles. The maximum Gasteiger partial charge on any atom is 0.406 e. The van der Waals surface area contributed by atoms with E-state index < -0.39 is 12.7 Å². The first-order valence-electron chi connectivity index (χ1n) is 9.72. The van der Waals surface area contributed by atoms with Crippen LogP contribution in [0.15, 0.2) is 24.5 Å². The lowest BCUT2D eigenvalue weighted by atomic mass is 9.91. The molecule has 3 aliphatic heterocycles. The lowest BCUT2D eigenvalue weighted by Crippen LogP contribution is -2.60. The predicted octanol–water partition coefficient (Wildman–Crippen LogP) is 4.08. The first-order chi connectivity index (χ1) is 13.8. The molecule has 0 radical (unpaired) electrons. The van der Waals surface area contributed by atoms with Gasteiger partial charge in [-0.2, -0.15) is 13.2 Å². The van der Waals surface area contributed by atoms with E-state index in [0.717, 1.165) is 25.2 Å². The number of piperidine rings is 2. The van der Waals surface area contributed by atoms with Crippen LogP contribution in [0.4, 0.5) is 13.2 Å². The van der Waals surface area contributed by atoms with E-state index in [0.29, 0.717) is 28.5 Å². The second-order valence-corrected chi connectivity index (χ2v) is 8.53.